The molecule has 0 aliphatic heterocycles. The summed E-state index contributed by atoms with van der Waals surface area (Å²) in [5.74, 6) is 0. The van der Waals surface area contributed by atoms with Crippen molar-refractivity contribution in [1.82, 2.24) is 4.57 Å². The van der Waals surface area contributed by atoms with Gasteiger partial charge in [-0.3, -0.25) is 0 Å². The van der Waals surface area contributed by atoms with Crippen molar-refractivity contribution in [3.8, 4) is 11.8 Å². The van der Waals surface area contributed by atoms with Crippen molar-refractivity contribution in [2.75, 3.05) is 0 Å². The van der Waals surface area contributed by atoms with E-state index in [1.807, 2.05) is 36.5 Å². The molecular weight excluding hydrogens is 288 g/mol. The molecular formula is C15H9BrN2. The fourth-order valence-electron chi connectivity index (χ4n) is 2.04. The van der Waals surface area contributed by atoms with Crippen molar-refractivity contribution in [3.05, 3.63) is 64.8 Å². The molecule has 0 aliphatic rings. The van der Waals surface area contributed by atoms with E-state index in [4.69, 9.17) is 5.26 Å². The summed E-state index contributed by atoms with van der Waals surface area (Å²) in [5, 5.41) is 9.99. The summed E-state index contributed by atoms with van der Waals surface area (Å²) < 4.78 is 3.19. The Morgan fingerprint density at radius 1 is 1.00 bits per heavy atom. The van der Waals surface area contributed by atoms with Gasteiger partial charge in [-0.05, 0) is 48.5 Å². The lowest BCUT2D eigenvalue weighted by molar-refractivity contribution is 1.13. The first-order valence-corrected chi connectivity index (χ1v) is 6.34. The molecule has 0 amide bonds. The van der Waals surface area contributed by atoms with E-state index in [0.29, 0.717) is 5.56 Å². The number of nitriles is 1. The van der Waals surface area contributed by atoms with E-state index in [9.17, 15) is 0 Å². The maximum atomic E-state index is 8.80. The van der Waals surface area contributed by atoms with Gasteiger partial charge in [-0.2, -0.15) is 5.26 Å². The first kappa shape index (κ1) is 11.1. The Morgan fingerprint density at radius 2 is 1.78 bits per heavy atom. The molecule has 3 aromatic rings. The lowest BCUT2D eigenvalue weighted by atomic mass is 10.2. The molecule has 1 aromatic heterocycles. The molecule has 0 unspecified atom stereocenters. The predicted octanol–water partition coefficient (Wildman–Crippen LogP) is 4.26. The van der Waals surface area contributed by atoms with Crippen molar-refractivity contribution >= 4 is 26.8 Å². The minimum Gasteiger partial charge on any atom is -0.317 e. The number of hydrogen-bond donors (Lipinski definition) is 0. The third-order valence-corrected chi connectivity index (χ3v) is 3.42. The van der Waals surface area contributed by atoms with Crippen LogP contribution in [0.2, 0.25) is 0 Å². The topological polar surface area (TPSA) is 28.7 Å². The Hall–Kier alpha value is -2.05. The molecule has 0 saturated heterocycles. The molecule has 0 bridgehead atoms. The van der Waals surface area contributed by atoms with E-state index in [2.05, 4.69) is 44.8 Å². The van der Waals surface area contributed by atoms with Crippen LogP contribution in [0.1, 0.15) is 5.56 Å². The summed E-state index contributed by atoms with van der Waals surface area (Å²) in [6.07, 6.45) is 2.04. The van der Waals surface area contributed by atoms with Crippen LogP contribution in [0.5, 0.6) is 0 Å². The molecule has 1 heterocycles. The largest absolute Gasteiger partial charge is 0.317 e. The second-order valence-corrected chi connectivity index (χ2v) is 4.96. The molecule has 0 spiro atoms. The molecule has 3 rings (SSSR count). The lowest BCUT2D eigenvalue weighted by Gasteiger charge is -2.05. The average molecular weight is 297 g/mol. The number of hydrogen-bond acceptors (Lipinski definition) is 1. The van der Waals surface area contributed by atoms with Crippen LogP contribution < -0.4 is 0 Å². The van der Waals surface area contributed by atoms with E-state index in [0.717, 1.165) is 15.7 Å². The van der Waals surface area contributed by atoms with Gasteiger partial charge in [0, 0.05) is 21.7 Å². The summed E-state index contributed by atoms with van der Waals surface area (Å²) in [7, 11) is 0. The summed E-state index contributed by atoms with van der Waals surface area (Å²) in [4.78, 5) is 0. The summed E-state index contributed by atoms with van der Waals surface area (Å²) in [6.45, 7) is 0. The highest BCUT2D eigenvalue weighted by Crippen LogP contribution is 2.23. The van der Waals surface area contributed by atoms with E-state index >= 15 is 0 Å². The highest BCUT2D eigenvalue weighted by atomic mass is 79.9. The molecule has 18 heavy (non-hydrogen) atoms. The minimum absolute atomic E-state index is 0.679. The molecule has 3 heteroatoms. The Kier molecular flexibility index (Phi) is 2.66. The molecule has 0 atom stereocenters. The normalized spacial score (nSPS) is 10.4. The summed E-state index contributed by atoms with van der Waals surface area (Å²) in [6, 6.07) is 18.0. The quantitative estimate of drug-likeness (QED) is 0.659. The zero-order valence-electron chi connectivity index (χ0n) is 9.47. The van der Waals surface area contributed by atoms with Gasteiger partial charge in [-0.1, -0.05) is 15.9 Å². The number of halogens is 1. The van der Waals surface area contributed by atoms with Crippen molar-refractivity contribution in [2.45, 2.75) is 0 Å². The van der Waals surface area contributed by atoms with E-state index in [1.54, 1.807) is 0 Å². The third-order valence-electron chi connectivity index (χ3n) is 2.93. The van der Waals surface area contributed by atoms with Gasteiger partial charge in [0.25, 0.3) is 0 Å². The molecule has 0 radical (unpaired) electrons. The zero-order chi connectivity index (χ0) is 12.5. The van der Waals surface area contributed by atoms with Crippen molar-refractivity contribution < 1.29 is 0 Å². The monoisotopic (exact) mass is 296 g/mol. The van der Waals surface area contributed by atoms with Crippen LogP contribution in [0.25, 0.3) is 16.6 Å². The predicted molar refractivity (Wildman–Crippen MR) is 75.7 cm³/mol. The first-order valence-electron chi connectivity index (χ1n) is 5.55. The minimum atomic E-state index is 0.679. The summed E-state index contributed by atoms with van der Waals surface area (Å²) in [5.41, 5.74) is 2.90. The molecule has 0 saturated carbocycles. The highest BCUT2D eigenvalue weighted by Gasteiger charge is 2.03. The number of fused-ring (bicyclic) bond motifs is 1. The van der Waals surface area contributed by atoms with Crippen LogP contribution in [0.3, 0.4) is 0 Å². The average Bonchev–Trinajstić information content (AvgIpc) is 2.81. The van der Waals surface area contributed by atoms with Crippen LogP contribution in [-0.2, 0) is 0 Å². The number of aromatic nitrogens is 1. The second-order valence-electron chi connectivity index (χ2n) is 4.05. The Bertz CT molecular complexity index is 748. The fraction of sp³-hybridized carbons (Fsp3) is 0. The maximum Gasteiger partial charge on any atom is 0.0991 e. The van der Waals surface area contributed by atoms with Gasteiger partial charge >= 0.3 is 0 Å². The number of benzene rings is 2. The number of rotatable bonds is 1. The van der Waals surface area contributed by atoms with Gasteiger partial charge in [-0.25, -0.2) is 0 Å². The molecule has 86 valence electrons. The third kappa shape index (κ3) is 1.81. The van der Waals surface area contributed by atoms with Gasteiger partial charge in [0.15, 0.2) is 0 Å². The summed E-state index contributed by atoms with van der Waals surface area (Å²) >= 11 is 3.47. The van der Waals surface area contributed by atoms with E-state index < -0.39 is 0 Å². The first-order chi connectivity index (χ1) is 8.78. The second kappa shape index (κ2) is 4.32. The van der Waals surface area contributed by atoms with Crippen molar-refractivity contribution in [1.29, 1.82) is 5.26 Å². The molecule has 2 nitrogen and oxygen atoms in total. The van der Waals surface area contributed by atoms with Crippen LogP contribution in [0.15, 0.2) is 59.2 Å². The van der Waals surface area contributed by atoms with Gasteiger partial charge in [0.05, 0.1) is 17.1 Å². The molecule has 2 aromatic carbocycles. The Balaban J connectivity index is 2.16. The molecule has 0 N–H and O–H groups in total. The van der Waals surface area contributed by atoms with Gasteiger partial charge in [-0.15, -0.1) is 0 Å². The standard InChI is InChI=1S/C15H9BrN2/c16-13-3-6-15-12(9-13)7-8-18(15)14-4-1-11(10-17)2-5-14/h1-9H. The Labute approximate surface area is 113 Å². The van der Waals surface area contributed by atoms with Crippen LogP contribution in [0, 0.1) is 11.3 Å². The van der Waals surface area contributed by atoms with Crippen molar-refractivity contribution in [2.24, 2.45) is 0 Å². The highest BCUT2D eigenvalue weighted by molar-refractivity contribution is 9.10. The van der Waals surface area contributed by atoms with E-state index in [-0.39, 0.29) is 0 Å². The molecule has 0 fully saturated rings. The fourth-order valence-corrected chi connectivity index (χ4v) is 2.41. The van der Waals surface area contributed by atoms with Gasteiger partial charge < -0.3 is 4.57 Å². The lowest BCUT2D eigenvalue weighted by Crippen LogP contribution is -1.91. The smallest absolute Gasteiger partial charge is 0.0991 e. The van der Waals surface area contributed by atoms with Crippen LogP contribution in [-0.4, -0.2) is 4.57 Å². The van der Waals surface area contributed by atoms with Crippen molar-refractivity contribution in [3.63, 3.8) is 0 Å². The SMILES string of the molecule is N#Cc1ccc(-n2ccc3cc(Br)ccc32)cc1. The Morgan fingerprint density at radius 3 is 2.50 bits per heavy atom. The van der Waals surface area contributed by atoms with Crippen LogP contribution >= 0.6 is 15.9 Å². The van der Waals surface area contributed by atoms with Gasteiger partial charge in [0.2, 0.25) is 0 Å². The maximum absolute atomic E-state index is 8.80. The number of nitrogens with zero attached hydrogens (tertiary/aromatic N) is 2. The van der Waals surface area contributed by atoms with E-state index in [1.165, 1.54) is 5.39 Å². The molecule has 0 aliphatic carbocycles. The zero-order valence-corrected chi connectivity index (χ0v) is 11.1. The van der Waals surface area contributed by atoms with Gasteiger partial charge in [0.1, 0.15) is 0 Å². The van der Waals surface area contributed by atoms with Crippen LogP contribution in [0.4, 0.5) is 0 Å².